The van der Waals surface area contributed by atoms with Crippen LogP contribution in [0, 0.1) is 0 Å². The molecular formula is C23H21N3O3. The number of carbonyl (C=O) groups is 1. The van der Waals surface area contributed by atoms with Crippen LogP contribution in [0.2, 0.25) is 0 Å². The molecule has 2 N–H and O–H groups in total. The maximum Gasteiger partial charge on any atom is 0.278 e. The van der Waals surface area contributed by atoms with Crippen LogP contribution in [-0.2, 0) is 0 Å². The highest BCUT2D eigenvalue weighted by atomic mass is 16.5. The van der Waals surface area contributed by atoms with E-state index < -0.39 is 6.17 Å². The zero-order chi connectivity index (χ0) is 20.4. The summed E-state index contributed by atoms with van der Waals surface area (Å²) in [4.78, 5) is 13.3. The SMILES string of the molecule is COc1ccc(/C(C)=N/N2C(=O)c3ccccc3NC2c2ccccc2O)cc1. The minimum absolute atomic E-state index is 0.0967. The van der Waals surface area contributed by atoms with Crippen molar-refractivity contribution in [2.45, 2.75) is 13.1 Å². The number of hydrogen-bond donors (Lipinski definition) is 2. The Morgan fingerprint density at radius 3 is 2.45 bits per heavy atom. The summed E-state index contributed by atoms with van der Waals surface area (Å²) in [6.07, 6.45) is -0.633. The number of anilines is 1. The minimum Gasteiger partial charge on any atom is -0.508 e. The zero-order valence-corrected chi connectivity index (χ0v) is 16.2. The Morgan fingerprint density at radius 2 is 1.72 bits per heavy atom. The summed E-state index contributed by atoms with van der Waals surface area (Å²) >= 11 is 0. The number of phenols is 1. The lowest BCUT2D eigenvalue weighted by Crippen LogP contribution is -2.40. The number of aromatic hydroxyl groups is 1. The van der Waals surface area contributed by atoms with Crippen molar-refractivity contribution in [3.63, 3.8) is 0 Å². The highest BCUT2D eigenvalue weighted by Gasteiger charge is 2.34. The molecule has 0 bridgehead atoms. The van der Waals surface area contributed by atoms with Crippen molar-refractivity contribution in [2.24, 2.45) is 5.10 Å². The lowest BCUT2D eigenvalue weighted by Gasteiger charge is -2.35. The lowest BCUT2D eigenvalue weighted by molar-refractivity contribution is 0.0688. The van der Waals surface area contributed by atoms with Crippen LogP contribution >= 0.6 is 0 Å². The number of hydrogen-bond acceptors (Lipinski definition) is 5. The first-order valence-corrected chi connectivity index (χ1v) is 9.25. The third-order valence-electron chi connectivity index (χ3n) is 4.90. The molecule has 3 aromatic carbocycles. The van der Waals surface area contributed by atoms with Crippen molar-refractivity contribution >= 4 is 17.3 Å². The Kier molecular flexibility index (Phi) is 4.91. The van der Waals surface area contributed by atoms with Gasteiger partial charge in [-0.15, -0.1) is 0 Å². The number of fused-ring (bicyclic) bond motifs is 1. The van der Waals surface area contributed by atoms with E-state index in [1.54, 1.807) is 31.4 Å². The van der Waals surface area contributed by atoms with Crippen LogP contribution in [0.15, 0.2) is 77.9 Å². The van der Waals surface area contributed by atoms with Crippen molar-refractivity contribution in [2.75, 3.05) is 12.4 Å². The van der Waals surface area contributed by atoms with Gasteiger partial charge in [-0.1, -0.05) is 30.3 Å². The monoisotopic (exact) mass is 387 g/mol. The van der Waals surface area contributed by atoms with E-state index in [-0.39, 0.29) is 11.7 Å². The van der Waals surface area contributed by atoms with E-state index in [2.05, 4.69) is 10.4 Å². The molecule has 1 aliphatic rings. The minimum atomic E-state index is -0.633. The van der Waals surface area contributed by atoms with Gasteiger partial charge in [0.25, 0.3) is 5.91 Å². The number of rotatable bonds is 4. The second-order valence-corrected chi connectivity index (χ2v) is 6.71. The molecule has 0 fully saturated rings. The van der Waals surface area contributed by atoms with Gasteiger partial charge >= 0.3 is 0 Å². The molecule has 146 valence electrons. The topological polar surface area (TPSA) is 74.2 Å². The van der Waals surface area contributed by atoms with Crippen LogP contribution in [0.1, 0.15) is 34.6 Å². The molecule has 0 aromatic heterocycles. The average molecular weight is 387 g/mol. The molecule has 1 aliphatic heterocycles. The van der Waals surface area contributed by atoms with Crippen LogP contribution in [0.4, 0.5) is 5.69 Å². The molecule has 6 heteroatoms. The van der Waals surface area contributed by atoms with E-state index in [0.29, 0.717) is 22.5 Å². The van der Waals surface area contributed by atoms with Gasteiger partial charge in [-0.25, -0.2) is 5.01 Å². The van der Waals surface area contributed by atoms with Crippen molar-refractivity contribution in [3.05, 3.63) is 89.5 Å². The first-order valence-electron chi connectivity index (χ1n) is 9.25. The molecule has 4 rings (SSSR count). The van der Waals surface area contributed by atoms with Crippen LogP contribution in [0.5, 0.6) is 11.5 Å². The van der Waals surface area contributed by atoms with E-state index in [4.69, 9.17) is 4.74 Å². The summed E-state index contributed by atoms with van der Waals surface area (Å²) in [5.74, 6) is 0.609. The van der Waals surface area contributed by atoms with Gasteiger partial charge in [0.1, 0.15) is 11.5 Å². The third kappa shape index (κ3) is 3.52. The number of nitrogens with one attached hydrogen (secondary N) is 1. The Bertz CT molecular complexity index is 1080. The molecule has 0 aliphatic carbocycles. The van der Waals surface area contributed by atoms with Gasteiger partial charge in [0.15, 0.2) is 6.17 Å². The van der Waals surface area contributed by atoms with Crippen molar-refractivity contribution < 1.29 is 14.6 Å². The summed E-state index contributed by atoms with van der Waals surface area (Å²) in [5, 5.41) is 19.7. The second-order valence-electron chi connectivity index (χ2n) is 6.71. The molecule has 6 nitrogen and oxygen atoms in total. The van der Waals surface area contributed by atoms with Gasteiger partial charge in [-0.3, -0.25) is 4.79 Å². The van der Waals surface area contributed by atoms with Gasteiger partial charge in [-0.05, 0) is 55.0 Å². The van der Waals surface area contributed by atoms with Crippen molar-refractivity contribution in [1.82, 2.24) is 5.01 Å². The molecule has 0 saturated heterocycles. The van der Waals surface area contributed by atoms with Crippen LogP contribution in [-0.4, -0.2) is 28.8 Å². The first kappa shape index (κ1) is 18.6. The molecule has 0 radical (unpaired) electrons. The Balaban J connectivity index is 1.78. The number of methoxy groups -OCH3 is 1. The number of nitrogens with zero attached hydrogens (tertiary/aromatic N) is 2. The van der Waals surface area contributed by atoms with Crippen molar-refractivity contribution in [3.8, 4) is 11.5 Å². The molecule has 0 saturated carbocycles. The molecule has 3 aromatic rings. The highest BCUT2D eigenvalue weighted by Crippen LogP contribution is 2.36. The maximum absolute atomic E-state index is 13.3. The number of phenolic OH excluding ortho intramolecular Hbond substituents is 1. The number of para-hydroxylation sites is 2. The molecule has 1 amide bonds. The van der Waals surface area contributed by atoms with Gasteiger partial charge in [-0.2, -0.15) is 5.10 Å². The lowest BCUT2D eigenvalue weighted by atomic mass is 10.0. The van der Waals surface area contributed by atoms with E-state index in [9.17, 15) is 9.90 Å². The Hall–Kier alpha value is -3.80. The number of hydrazone groups is 1. The Morgan fingerprint density at radius 1 is 1.03 bits per heavy atom. The standard InChI is InChI=1S/C23H21N3O3/c1-15(16-11-13-17(29-2)14-12-16)25-26-22(19-8-4-6-10-21(19)27)24-20-9-5-3-7-18(20)23(26)28/h3-14,22,24,27H,1-2H3/b25-15+. The van der Waals surface area contributed by atoms with Gasteiger partial charge in [0.05, 0.1) is 18.4 Å². The highest BCUT2D eigenvalue weighted by molar-refractivity contribution is 6.04. The van der Waals surface area contributed by atoms with Crippen LogP contribution in [0.3, 0.4) is 0 Å². The van der Waals surface area contributed by atoms with Gasteiger partial charge in [0.2, 0.25) is 0 Å². The smallest absolute Gasteiger partial charge is 0.278 e. The van der Waals surface area contributed by atoms with Crippen LogP contribution < -0.4 is 10.1 Å². The fourth-order valence-electron chi connectivity index (χ4n) is 3.33. The predicted octanol–water partition coefficient (Wildman–Crippen LogP) is 4.39. The van der Waals surface area contributed by atoms with E-state index in [1.807, 2.05) is 55.5 Å². The normalized spacial score (nSPS) is 16.2. The summed E-state index contributed by atoms with van der Waals surface area (Å²) in [7, 11) is 1.61. The molecule has 0 spiro atoms. The second kappa shape index (κ2) is 7.67. The maximum atomic E-state index is 13.3. The van der Waals surface area contributed by atoms with Gasteiger partial charge in [0, 0.05) is 11.3 Å². The van der Waals surface area contributed by atoms with E-state index in [0.717, 1.165) is 11.3 Å². The third-order valence-corrected chi connectivity index (χ3v) is 4.90. The first-order chi connectivity index (χ1) is 14.1. The molecular weight excluding hydrogens is 366 g/mol. The summed E-state index contributed by atoms with van der Waals surface area (Å²) in [6.45, 7) is 1.84. The average Bonchev–Trinajstić information content (AvgIpc) is 2.76. The zero-order valence-electron chi connectivity index (χ0n) is 16.2. The largest absolute Gasteiger partial charge is 0.508 e. The quantitative estimate of drug-likeness (QED) is 0.651. The number of ether oxygens (including phenoxy) is 1. The van der Waals surface area contributed by atoms with E-state index in [1.165, 1.54) is 5.01 Å². The number of benzene rings is 3. The number of carbonyl (C=O) groups excluding carboxylic acids is 1. The summed E-state index contributed by atoms with van der Waals surface area (Å²) in [5.41, 5.74) is 3.35. The molecule has 29 heavy (non-hydrogen) atoms. The van der Waals surface area contributed by atoms with Gasteiger partial charge < -0.3 is 15.2 Å². The Labute approximate surface area is 169 Å². The molecule has 1 atom stereocenters. The van der Waals surface area contributed by atoms with Crippen LogP contribution in [0.25, 0.3) is 0 Å². The molecule has 1 heterocycles. The fraction of sp³-hybridized carbons (Fsp3) is 0.130. The predicted molar refractivity (Wildman–Crippen MR) is 112 cm³/mol. The summed E-state index contributed by atoms with van der Waals surface area (Å²) < 4.78 is 5.20. The molecule has 1 unspecified atom stereocenters. The summed E-state index contributed by atoms with van der Waals surface area (Å²) in [6, 6.07) is 21.7. The number of amides is 1. The van der Waals surface area contributed by atoms with Crippen molar-refractivity contribution in [1.29, 1.82) is 0 Å². The van der Waals surface area contributed by atoms with E-state index >= 15 is 0 Å². The fourth-order valence-corrected chi connectivity index (χ4v) is 3.33.